The van der Waals surface area contributed by atoms with E-state index in [-0.39, 0.29) is 12.3 Å². The van der Waals surface area contributed by atoms with E-state index in [0.29, 0.717) is 12.5 Å². The Morgan fingerprint density at radius 1 is 1.59 bits per heavy atom. The van der Waals surface area contributed by atoms with Crippen LogP contribution in [0.4, 0.5) is 0 Å². The normalized spacial score (nSPS) is 30.2. The first-order valence-electron chi connectivity index (χ1n) is 5.98. The van der Waals surface area contributed by atoms with Crippen molar-refractivity contribution in [1.82, 2.24) is 10.2 Å². The lowest BCUT2D eigenvalue weighted by atomic mass is 10.0. The fourth-order valence-electron chi connectivity index (χ4n) is 2.43. The fraction of sp³-hybridized carbons (Fsp3) is 0.818. The molecule has 1 amide bonds. The number of hydrogen-bond donors (Lipinski definition) is 2. The second kappa shape index (κ2) is 5.73. The highest BCUT2D eigenvalue weighted by Gasteiger charge is 2.33. The van der Waals surface area contributed by atoms with Crippen LogP contribution in [0.15, 0.2) is 0 Å². The third kappa shape index (κ3) is 3.35. The van der Waals surface area contributed by atoms with Gasteiger partial charge in [-0.25, -0.2) is 0 Å². The lowest BCUT2D eigenvalue weighted by molar-refractivity contribution is -0.143. The molecule has 96 valence electrons. The Morgan fingerprint density at radius 2 is 2.41 bits per heavy atom. The van der Waals surface area contributed by atoms with Crippen LogP contribution in [0.2, 0.25) is 0 Å². The van der Waals surface area contributed by atoms with Gasteiger partial charge in [0.05, 0.1) is 12.5 Å². The molecule has 2 saturated heterocycles. The van der Waals surface area contributed by atoms with Crippen LogP contribution in [0.25, 0.3) is 0 Å². The van der Waals surface area contributed by atoms with Crippen LogP contribution in [-0.4, -0.2) is 59.1 Å². The van der Waals surface area contributed by atoms with Gasteiger partial charge in [0.1, 0.15) is 0 Å². The first-order valence-corrected chi connectivity index (χ1v) is 7.13. The van der Waals surface area contributed by atoms with Gasteiger partial charge in [-0.05, 0) is 23.8 Å². The zero-order valence-electron chi connectivity index (χ0n) is 9.72. The van der Waals surface area contributed by atoms with Crippen LogP contribution in [0, 0.1) is 5.92 Å². The minimum atomic E-state index is -0.905. The molecule has 2 N–H and O–H groups in total. The number of rotatable bonds is 4. The van der Waals surface area contributed by atoms with Crippen molar-refractivity contribution in [2.75, 3.05) is 31.1 Å². The first kappa shape index (κ1) is 12.7. The van der Waals surface area contributed by atoms with Crippen molar-refractivity contribution in [2.24, 2.45) is 5.92 Å². The Bertz CT molecular complexity index is 305. The number of amides is 1. The molecule has 2 rings (SSSR count). The van der Waals surface area contributed by atoms with Gasteiger partial charge in [0.2, 0.25) is 5.91 Å². The maximum absolute atomic E-state index is 11.7. The van der Waals surface area contributed by atoms with Gasteiger partial charge in [-0.15, -0.1) is 0 Å². The quantitative estimate of drug-likeness (QED) is 0.743. The predicted molar refractivity (Wildman–Crippen MR) is 66.1 cm³/mol. The van der Waals surface area contributed by atoms with Crippen LogP contribution in [-0.2, 0) is 9.59 Å². The molecule has 0 bridgehead atoms. The number of aliphatic carboxylic acids is 1. The lowest BCUT2D eigenvalue weighted by Crippen LogP contribution is -2.56. The van der Waals surface area contributed by atoms with Crippen LogP contribution < -0.4 is 5.32 Å². The Labute approximate surface area is 105 Å². The van der Waals surface area contributed by atoms with E-state index in [1.54, 1.807) is 0 Å². The number of carboxylic acid groups (broad SMARTS) is 1. The molecule has 2 aliphatic heterocycles. The molecule has 5 nitrogen and oxygen atoms in total. The number of thioether (sulfide) groups is 1. The molecule has 2 fully saturated rings. The third-order valence-corrected chi connectivity index (χ3v) is 4.56. The topological polar surface area (TPSA) is 69.6 Å². The SMILES string of the molecule is O=C(O)CC1C(=O)NCCN1CC1CCSC1. The van der Waals surface area contributed by atoms with Gasteiger partial charge in [0.25, 0.3) is 0 Å². The standard InChI is InChI=1S/C11H18N2O3S/c14-10(15)5-9-11(16)12-2-3-13(9)6-8-1-4-17-7-8/h8-9H,1-7H2,(H,12,16)(H,14,15). The van der Waals surface area contributed by atoms with E-state index in [0.717, 1.165) is 18.8 Å². The second-order valence-corrected chi connectivity index (χ2v) is 5.78. The van der Waals surface area contributed by atoms with Gasteiger partial charge < -0.3 is 10.4 Å². The molecular weight excluding hydrogens is 240 g/mol. The monoisotopic (exact) mass is 258 g/mol. The molecule has 0 spiro atoms. The van der Waals surface area contributed by atoms with E-state index in [1.807, 2.05) is 16.7 Å². The summed E-state index contributed by atoms with van der Waals surface area (Å²) in [5.41, 5.74) is 0. The van der Waals surface area contributed by atoms with Gasteiger partial charge in [-0.1, -0.05) is 0 Å². The van der Waals surface area contributed by atoms with Gasteiger partial charge >= 0.3 is 5.97 Å². The zero-order chi connectivity index (χ0) is 12.3. The summed E-state index contributed by atoms with van der Waals surface area (Å²) in [5, 5.41) is 11.6. The average molecular weight is 258 g/mol. The number of nitrogens with zero attached hydrogens (tertiary/aromatic N) is 1. The molecule has 17 heavy (non-hydrogen) atoms. The van der Waals surface area contributed by atoms with E-state index in [2.05, 4.69) is 5.32 Å². The highest BCUT2D eigenvalue weighted by Crippen LogP contribution is 2.25. The molecule has 2 aliphatic rings. The molecule has 6 heteroatoms. The number of carboxylic acids is 1. The van der Waals surface area contributed by atoms with E-state index in [9.17, 15) is 9.59 Å². The maximum Gasteiger partial charge on any atom is 0.305 e. The molecule has 0 aliphatic carbocycles. The van der Waals surface area contributed by atoms with Crippen molar-refractivity contribution in [3.05, 3.63) is 0 Å². The predicted octanol–water partition coefficient (Wildman–Crippen LogP) is 0.0146. The van der Waals surface area contributed by atoms with Crippen LogP contribution in [0.3, 0.4) is 0 Å². The van der Waals surface area contributed by atoms with Gasteiger partial charge in [-0.2, -0.15) is 11.8 Å². The number of carbonyl (C=O) groups is 2. The van der Waals surface area contributed by atoms with Crippen LogP contribution in [0.1, 0.15) is 12.8 Å². The molecule has 0 aromatic rings. The van der Waals surface area contributed by atoms with Crippen LogP contribution >= 0.6 is 11.8 Å². The highest BCUT2D eigenvalue weighted by molar-refractivity contribution is 7.99. The van der Waals surface area contributed by atoms with Crippen molar-refractivity contribution in [2.45, 2.75) is 18.9 Å². The summed E-state index contributed by atoms with van der Waals surface area (Å²) in [6, 6.07) is -0.480. The number of nitrogens with one attached hydrogen (secondary N) is 1. The van der Waals surface area contributed by atoms with E-state index >= 15 is 0 Å². The molecule has 0 aromatic carbocycles. The minimum absolute atomic E-state index is 0.0916. The van der Waals surface area contributed by atoms with Crippen molar-refractivity contribution in [3.8, 4) is 0 Å². The van der Waals surface area contributed by atoms with Crippen LogP contribution in [0.5, 0.6) is 0 Å². The average Bonchev–Trinajstić information content (AvgIpc) is 2.75. The molecular formula is C11H18N2O3S. The summed E-state index contributed by atoms with van der Waals surface area (Å²) < 4.78 is 0. The Balaban J connectivity index is 1.95. The smallest absolute Gasteiger partial charge is 0.305 e. The number of carbonyl (C=O) groups excluding carboxylic acids is 1. The Morgan fingerprint density at radius 3 is 3.06 bits per heavy atom. The van der Waals surface area contributed by atoms with E-state index in [1.165, 1.54) is 12.2 Å². The molecule has 2 unspecified atom stereocenters. The molecule has 2 heterocycles. The minimum Gasteiger partial charge on any atom is -0.481 e. The Kier molecular flexibility index (Phi) is 4.28. The van der Waals surface area contributed by atoms with Crippen molar-refractivity contribution in [1.29, 1.82) is 0 Å². The lowest BCUT2D eigenvalue weighted by Gasteiger charge is -2.35. The molecule has 0 radical (unpaired) electrons. The van der Waals surface area contributed by atoms with Gasteiger partial charge in [0, 0.05) is 19.6 Å². The number of piperazine rings is 1. The molecule has 0 aromatic heterocycles. The third-order valence-electron chi connectivity index (χ3n) is 3.33. The van der Waals surface area contributed by atoms with Crippen molar-refractivity contribution < 1.29 is 14.7 Å². The van der Waals surface area contributed by atoms with Gasteiger partial charge in [-0.3, -0.25) is 14.5 Å². The van der Waals surface area contributed by atoms with Crippen molar-refractivity contribution in [3.63, 3.8) is 0 Å². The fourth-order valence-corrected chi connectivity index (χ4v) is 3.70. The first-order chi connectivity index (χ1) is 8.16. The van der Waals surface area contributed by atoms with Crippen molar-refractivity contribution >= 4 is 23.6 Å². The summed E-state index contributed by atoms with van der Waals surface area (Å²) in [4.78, 5) is 24.5. The molecule has 0 saturated carbocycles. The zero-order valence-corrected chi connectivity index (χ0v) is 10.5. The maximum atomic E-state index is 11.7. The van der Waals surface area contributed by atoms with E-state index in [4.69, 9.17) is 5.11 Å². The summed E-state index contributed by atoms with van der Waals surface area (Å²) >= 11 is 1.94. The largest absolute Gasteiger partial charge is 0.481 e. The van der Waals surface area contributed by atoms with E-state index < -0.39 is 12.0 Å². The summed E-state index contributed by atoms with van der Waals surface area (Å²) in [6.07, 6.45) is 1.09. The van der Waals surface area contributed by atoms with Gasteiger partial charge in [0.15, 0.2) is 0 Å². The second-order valence-electron chi connectivity index (χ2n) is 4.63. The Hall–Kier alpha value is -0.750. The highest BCUT2D eigenvalue weighted by atomic mass is 32.2. The summed E-state index contributed by atoms with van der Waals surface area (Å²) in [6.45, 7) is 2.26. The molecule has 2 atom stereocenters. The summed E-state index contributed by atoms with van der Waals surface area (Å²) in [5.74, 6) is 1.90. The number of hydrogen-bond acceptors (Lipinski definition) is 4. The summed E-state index contributed by atoms with van der Waals surface area (Å²) in [7, 11) is 0.